The molecule has 1 aromatic rings. The standard InChI is InChI=1S/C12H13O3.2CH3.Sn/c1-2-6-14-9-3-4-12-10(8-9)11(13)5-7-15-12;;;/h3-4,8H,1-2,5-7H2;2*1H3;. The number of carbonyl (C=O) groups excluding carboxylic acids is 1. The summed E-state index contributed by atoms with van der Waals surface area (Å²) in [5, 5.41) is 0. The summed E-state index contributed by atoms with van der Waals surface area (Å²) in [5.41, 5.74) is 0.667. The molecule has 0 atom stereocenters. The van der Waals surface area contributed by atoms with Crippen LogP contribution >= 0.6 is 0 Å². The van der Waals surface area contributed by atoms with E-state index in [2.05, 4.69) is 9.88 Å². The second-order valence-electron chi connectivity index (χ2n) is 4.84. The molecule has 97 valence electrons. The molecule has 0 saturated carbocycles. The summed E-state index contributed by atoms with van der Waals surface area (Å²) in [6.07, 6.45) is 1.60. The van der Waals surface area contributed by atoms with Gasteiger partial charge in [0.05, 0.1) is 0 Å². The Kier molecular flexibility index (Phi) is 4.92. The van der Waals surface area contributed by atoms with Crippen molar-refractivity contribution in [1.82, 2.24) is 0 Å². The average Bonchev–Trinajstić information content (AvgIpc) is 2.35. The molecule has 1 radical (unpaired) electrons. The molecule has 3 nitrogen and oxygen atoms in total. The summed E-state index contributed by atoms with van der Waals surface area (Å²) in [6, 6.07) is 5.53. The van der Waals surface area contributed by atoms with Crippen LogP contribution in [-0.4, -0.2) is 38.8 Å². The van der Waals surface area contributed by atoms with Crippen LogP contribution in [0.15, 0.2) is 18.2 Å². The fraction of sp³-hybridized carbons (Fsp3) is 0.500. The van der Waals surface area contributed by atoms with Crippen molar-refractivity contribution < 1.29 is 14.3 Å². The Balaban J connectivity index is 1.94. The zero-order valence-electron chi connectivity index (χ0n) is 11.0. The maximum atomic E-state index is 11.7. The number of rotatable bonds is 5. The molecule has 0 bridgehead atoms. The zero-order valence-corrected chi connectivity index (χ0v) is 13.8. The first-order chi connectivity index (χ1) is 8.66. The van der Waals surface area contributed by atoms with Crippen LogP contribution in [0.3, 0.4) is 0 Å². The summed E-state index contributed by atoms with van der Waals surface area (Å²) in [7, 11) is 0. The van der Waals surface area contributed by atoms with Gasteiger partial charge in [-0.2, -0.15) is 0 Å². The fourth-order valence-corrected chi connectivity index (χ4v) is 4.38. The topological polar surface area (TPSA) is 35.5 Å². The van der Waals surface area contributed by atoms with Crippen molar-refractivity contribution in [2.75, 3.05) is 13.2 Å². The number of fused-ring (bicyclic) bond motifs is 1. The number of hydrogen-bond acceptors (Lipinski definition) is 3. The van der Waals surface area contributed by atoms with Crippen LogP contribution in [0.2, 0.25) is 14.3 Å². The van der Waals surface area contributed by atoms with Crippen LogP contribution in [0.4, 0.5) is 0 Å². The fourth-order valence-electron chi connectivity index (χ4n) is 1.95. The number of ketones is 1. The summed E-state index contributed by atoms with van der Waals surface area (Å²) in [5.74, 6) is 1.63. The van der Waals surface area contributed by atoms with Gasteiger partial charge in [0.25, 0.3) is 0 Å². The van der Waals surface area contributed by atoms with Gasteiger partial charge in [0.15, 0.2) is 0 Å². The quantitative estimate of drug-likeness (QED) is 0.602. The van der Waals surface area contributed by atoms with Crippen LogP contribution < -0.4 is 9.47 Å². The molecule has 0 N–H and O–H groups in total. The molecule has 4 heteroatoms. The van der Waals surface area contributed by atoms with Gasteiger partial charge in [-0.05, 0) is 0 Å². The Labute approximate surface area is 115 Å². The number of benzene rings is 1. The molecule has 0 spiro atoms. The van der Waals surface area contributed by atoms with Crippen molar-refractivity contribution >= 4 is 25.5 Å². The molecule has 0 amide bonds. The van der Waals surface area contributed by atoms with Crippen molar-refractivity contribution in [3.05, 3.63) is 23.8 Å². The van der Waals surface area contributed by atoms with E-state index in [1.54, 1.807) is 0 Å². The molecular weight excluding hydrogens is 335 g/mol. The van der Waals surface area contributed by atoms with E-state index >= 15 is 0 Å². The molecule has 2 rings (SSSR count). The summed E-state index contributed by atoms with van der Waals surface area (Å²) in [6.45, 7) is 1.24. The van der Waals surface area contributed by atoms with E-state index in [-0.39, 0.29) is 5.78 Å². The maximum absolute atomic E-state index is 11.7. The minimum atomic E-state index is -0.972. The third kappa shape index (κ3) is 3.64. The number of hydrogen-bond donors (Lipinski definition) is 0. The van der Waals surface area contributed by atoms with Gasteiger partial charge in [0, 0.05) is 0 Å². The van der Waals surface area contributed by atoms with Crippen LogP contribution in [0.25, 0.3) is 0 Å². The molecule has 1 heterocycles. The van der Waals surface area contributed by atoms with Crippen molar-refractivity contribution in [1.29, 1.82) is 0 Å². The first-order valence-corrected chi connectivity index (χ1v) is 14.1. The number of ether oxygens (including phenoxy) is 2. The third-order valence-electron chi connectivity index (χ3n) is 2.93. The van der Waals surface area contributed by atoms with Gasteiger partial charge in [-0.1, -0.05) is 0 Å². The van der Waals surface area contributed by atoms with E-state index < -0.39 is 19.8 Å². The van der Waals surface area contributed by atoms with Crippen molar-refractivity contribution in [3.63, 3.8) is 0 Å². The van der Waals surface area contributed by atoms with Crippen LogP contribution in [0.1, 0.15) is 23.2 Å². The summed E-state index contributed by atoms with van der Waals surface area (Å²) in [4.78, 5) is 16.5. The van der Waals surface area contributed by atoms with Crippen molar-refractivity contribution in [3.8, 4) is 11.5 Å². The Morgan fingerprint density at radius 3 is 3.00 bits per heavy atom. The van der Waals surface area contributed by atoms with Crippen molar-refractivity contribution in [2.45, 2.75) is 27.2 Å². The molecule has 1 aliphatic heterocycles. The van der Waals surface area contributed by atoms with Gasteiger partial charge >= 0.3 is 115 Å². The average molecular weight is 354 g/mol. The Morgan fingerprint density at radius 2 is 2.22 bits per heavy atom. The second-order valence-corrected chi connectivity index (χ2v) is 13.2. The Bertz CT molecular complexity index is 429. The predicted molar refractivity (Wildman–Crippen MR) is 73.3 cm³/mol. The van der Waals surface area contributed by atoms with Gasteiger partial charge in [0.2, 0.25) is 0 Å². The van der Waals surface area contributed by atoms with E-state index in [9.17, 15) is 4.79 Å². The van der Waals surface area contributed by atoms with Crippen LogP contribution in [0.5, 0.6) is 11.5 Å². The molecule has 0 unspecified atom stereocenters. The minimum absolute atomic E-state index is 0.152. The van der Waals surface area contributed by atoms with E-state index in [1.807, 2.05) is 18.2 Å². The molecule has 0 aliphatic carbocycles. The van der Waals surface area contributed by atoms with E-state index in [0.29, 0.717) is 24.3 Å². The first-order valence-electron chi connectivity index (χ1n) is 6.38. The summed E-state index contributed by atoms with van der Waals surface area (Å²) >= 11 is -0.972. The first kappa shape index (κ1) is 13.7. The molecule has 0 aromatic heterocycles. The predicted octanol–water partition coefficient (Wildman–Crippen LogP) is 3.18. The van der Waals surface area contributed by atoms with Gasteiger partial charge in [-0.3, -0.25) is 0 Å². The Hall–Kier alpha value is -0.711. The monoisotopic (exact) mass is 355 g/mol. The van der Waals surface area contributed by atoms with Crippen LogP contribution in [-0.2, 0) is 0 Å². The van der Waals surface area contributed by atoms with Gasteiger partial charge < -0.3 is 0 Å². The van der Waals surface area contributed by atoms with Crippen molar-refractivity contribution in [2.24, 2.45) is 0 Å². The SMILES string of the molecule is [CH3][Sn]([CH3])[CH2]CCOc1ccc2c(c1)C(=O)CCO2. The molecule has 18 heavy (non-hydrogen) atoms. The van der Waals surface area contributed by atoms with Gasteiger partial charge in [-0.25, -0.2) is 0 Å². The molecule has 1 aromatic carbocycles. The summed E-state index contributed by atoms with van der Waals surface area (Å²) < 4.78 is 12.5. The van der Waals surface area contributed by atoms with Crippen LogP contribution in [0, 0.1) is 0 Å². The van der Waals surface area contributed by atoms with Gasteiger partial charge in [-0.15, -0.1) is 0 Å². The number of Topliss-reactive ketones (excluding diaryl/α,β-unsaturated/α-hetero) is 1. The molecular formula is C14H19O3Sn. The van der Waals surface area contributed by atoms with E-state index in [1.165, 1.54) is 4.44 Å². The Morgan fingerprint density at radius 1 is 1.39 bits per heavy atom. The third-order valence-corrected chi connectivity index (χ3v) is 6.79. The molecule has 0 saturated heterocycles. The zero-order chi connectivity index (χ0) is 13.0. The number of carbonyl (C=O) groups is 1. The van der Waals surface area contributed by atoms with Gasteiger partial charge in [0.1, 0.15) is 0 Å². The normalized spacial score (nSPS) is 14.3. The van der Waals surface area contributed by atoms with E-state index in [0.717, 1.165) is 18.8 Å². The second kappa shape index (κ2) is 6.45. The van der Waals surface area contributed by atoms with E-state index in [4.69, 9.17) is 9.47 Å². The molecule has 0 fully saturated rings. The molecule has 1 aliphatic rings.